The molecule has 1 aliphatic rings. The first-order valence-corrected chi connectivity index (χ1v) is 19.9. The third-order valence-corrected chi connectivity index (χ3v) is 20.8. The number of hydrogen-bond acceptors (Lipinski definition) is 7. The zero-order chi connectivity index (χ0) is 20.5. The Hall–Kier alpha value is 0.594. The summed E-state index contributed by atoms with van der Waals surface area (Å²) in [6, 6.07) is 0.597. The van der Waals surface area contributed by atoms with Crippen LogP contribution in [0.15, 0.2) is 0 Å². The fourth-order valence-electron chi connectivity index (χ4n) is 2.71. The molecule has 162 valence electrons. The van der Waals surface area contributed by atoms with Crippen LogP contribution in [-0.4, -0.2) is 78.3 Å². The van der Waals surface area contributed by atoms with E-state index in [4.69, 9.17) is 25.3 Å². The van der Waals surface area contributed by atoms with Gasteiger partial charge >= 0.3 is 8.56 Å². The third kappa shape index (κ3) is 10.3. The van der Waals surface area contributed by atoms with Gasteiger partial charge in [0.15, 0.2) is 13.5 Å². The van der Waals surface area contributed by atoms with Gasteiger partial charge in [0.2, 0.25) is 0 Å². The average Bonchev–Trinajstić information content (AvgIpc) is 2.52. The summed E-state index contributed by atoms with van der Waals surface area (Å²) in [5.74, 6) is -2.74. The van der Waals surface area contributed by atoms with E-state index in [-0.39, 0.29) is 6.61 Å². The van der Waals surface area contributed by atoms with Crippen molar-refractivity contribution in [3.63, 3.8) is 0 Å². The van der Waals surface area contributed by atoms with Gasteiger partial charge in [-0.25, -0.2) is 13.2 Å². The lowest BCUT2D eigenvalue weighted by Crippen LogP contribution is -2.52. The molecule has 0 aromatic rings. The van der Waals surface area contributed by atoms with E-state index in [0.29, 0.717) is 12.5 Å². The molecule has 0 aromatic carbocycles. The fraction of sp³-hybridized carbons (Fsp3) is 1.00. The van der Waals surface area contributed by atoms with Crippen molar-refractivity contribution >= 4 is 45.7 Å². The first-order chi connectivity index (χ1) is 12.6. The molecule has 1 aliphatic heterocycles. The predicted octanol–water partition coefficient (Wildman–Crippen LogP) is 1.54. The van der Waals surface area contributed by atoms with Crippen molar-refractivity contribution in [3.05, 3.63) is 0 Å². The van der Waals surface area contributed by atoms with Gasteiger partial charge in [-0.15, -0.1) is 0 Å². The zero-order valence-corrected chi connectivity index (χ0v) is 22.2. The summed E-state index contributed by atoms with van der Waals surface area (Å²) in [5, 5.41) is 0. The molecule has 0 aliphatic carbocycles. The maximum Gasteiger partial charge on any atom is 0.317 e. The van der Waals surface area contributed by atoms with Crippen LogP contribution < -0.4 is 0 Å². The Morgan fingerprint density at radius 2 is 1.44 bits per heavy atom. The molecule has 0 bridgehead atoms. The number of rotatable bonds is 9. The van der Waals surface area contributed by atoms with E-state index >= 15 is 0 Å². The van der Waals surface area contributed by atoms with Crippen LogP contribution in [0.4, 0.5) is 13.2 Å². The summed E-state index contributed by atoms with van der Waals surface area (Å²) in [4.78, 5) is 0. The molecular formula is C12H31F3O7Si5. The van der Waals surface area contributed by atoms with Crippen LogP contribution in [0.5, 0.6) is 0 Å². The molecule has 5 atom stereocenters. The zero-order valence-electron chi connectivity index (χ0n) is 16.5. The highest BCUT2D eigenvalue weighted by Gasteiger charge is 2.38. The molecule has 1 saturated heterocycles. The molecule has 15 heteroatoms. The summed E-state index contributed by atoms with van der Waals surface area (Å²) >= 11 is 0. The van der Waals surface area contributed by atoms with E-state index in [2.05, 4.69) is 4.74 Å². The topological polar surface area (TPSA) is 64.6 Å². The minimum absolute atomic E-state index is 0.156. The highest BCUT2D eigenvalue weighted by atomic mass is 28.5. The molecule has 0 saturated carbocycles. The molecule has 1 rings (SSSR count). The number of halogens is 3. The van der Waals surface area contributed by atoms with Gasteiger partial charge in [0.25, 0.3) is 43.0 Å². The van der Waals surface area contributed by atoms with Crippen molar-refractivity contribution in [2.24, 2.45) is 0 Å². The highest BCUT2D eigenvalue weighted by Crippen LogP contribution is 2.22. The Bertz CT molecular complexity index is 415. The molecule has 0 aromatic heterocycles. The van der Waals surface area contributed by atoms with Crippen LogP contribution in [0.1, 0.15) is 6.42 Å². The second-order valence-electron chi connectivity index (χ2n) is 6.47. The van der Waals surface area contributed by atoms with E-state index in [9.17, 15) is 13.2 Å². The van der Waals surface area contributed by atoms with Crippen molar-refractivity contribution < 1.29 is 43.2 Å². The van der Waals surface area contributed by atoms with Gasteiger partial charge in [0, 0.05) is 6.61 Å². The van der Waals surface area contributed by atoms with E-state index in [1.807, 2.05) is 32.7 Å². The van der Waals surface area contributed by atoms with Gasteiger partial charge in [-0.1, -0.05) is 0 Å². The van der Waals surface area contributed by atoms with Gasteiger partial charge in [0.1, 0.15) is 6.61 Å². The van der Waals surface area contributed by atoms with Gasteiger partial charge in [-0.3, -0.25) is 0 Å². The summed E-state index contributed by atoms with van der Waals surface area (Å²) in [6.07, 6.45) is 0.527. The quantitative estimate of drug-likeness (QED) is 0.363. The van der Waals surface area contributed by atoms with Gasteiger partial charge < -0.3 is 30.0 Å². The van der Waals surface area contributed by atoms with E-state index in [1.165, 1.54) is 0 Å². The maximum atomic E-state index is 13.7. The van der Waals surface area contributed by atoms with Crippen molar-refractivity contribution in [2.45, 2.75) is 51.1 Å². The van der Waals surface area contributed by atoms with Crippen molar-refractivity contribution in [1.82, 2.24) is 0 Å². The van der Waals surface area contributed by atoms with E-state index in [1.54, 1.807) is 0 Å². The molecule has 0 amide bonds. The lowest BCUT2D eigenvalue weighted by molar-refractivity contribution is -0.209. The number of alkyl halides is 3. The normalized spacial score (nSPS) is 35.6. The Morgan fingerprint density at radius 3 is 1.93 bits per heavy atom. The number of hydrogen-bond donors (Lipinski definition) is 0. The standard InChI is InChI=1S/C12H31F3O7Si5/c1-23-18-24(2)20-26(4)22-27(5,21-25(3)19-23)8-6-7-16-10-12(15,9-13)17-11-14/h23-26H,6-11H2,1-5H3. The predicted molar refractivity (Wildman–Crippen MR) is 106 cm³/mol. The van der Waals surface area contributed by atoms with Crippen molar-refractivity contribution in [1.29, 1.82) is 0 Å². The molecule has 0 spiro atoms. The molecule has 27 heavy (non-hydrogen) atoms. The van der Waals surface area contributed by atoms with Crippen LogP contribution in [0.3, 0.4) is 0 Å². The van der Waals surface area contributed by atoms with Crippen molar-refractivity contribution in [2.75, 3.05) is 26.7 Å². The number of ether oxygens (including phenoxy) is 2. The molecule has 5 unspecified atom stereocenters. The van der Waals surface area contributed by atoms with Crippen LogP contribution >= 0.6 is 0 Å². The molecule has 7 nitrogen and oxygen atoms in total. The fourth-order valence-corrected chi connectivity index (χ4v) is 20.4. The molecule has 1 heterocycles. The van der Waals surface area contributed by atoms with Crippen LogP contribution in [0, 0.1) is 0 Å². The average molecular weight is 485 g/mol. The summed E-state index contributed by atoms with van der Waals surface area (Å²) in [5.41, 5.74) is 0. The lowest BCUT2D eigenvalue weighted by atomic mass is 10.3. The minimum atomic E-state index is -2.74. The first-order valence-electron chi connectivity index (χ1n) is 8.96. The monoisotopic (exact) mass is 484 g/mol. The second kappa shape index (κ2) is 12.3. The van der Waals surface area contributed by atoms with Gasteiger partial charge in [-0.2, -0.15) is 0 Å². The molecular weight excluding hydrogens is 454 g/mol. The highest BCUT2D eigenvalue weighted by molar-refractivity contribution is 6.80. The molecule has 0 radical (unpaired) electrons. The van der Waals surface area contributed by atoms with Crippen molar-refractivity contribution in [3.8, 4) is 0 Å². The van der Waals surface area contributed by atoms with Crippen LogP contribution in [0.25, 0.3) is 0 Å². The Kier molecular flexibility index (Phi) is 11.7. The smallest absolute Gasteiger partial charge is 0.317 e. The van der Waals surface area contributed by atoms with Gasteiger partial charge in [-0.05, 0) is 45.2 Å². The van der Waals surface area contributed by atoms with E-state index < -0.39 is 71.7 Å². The largest absolute Gasteiger partial charge is 0.420 e. The van der Waals surface area contributed by atoms with Gasteiger partial charge in [0.05, 0.1) is 0 Å². The minimum Gasteiger partial charge on any atom is -0.420 e. The third-order valence-electron chi connectivity index (χ3n) is 3.73. The lowest BCUT2D eigenvalue weighted by Gasteiger charge is -2.36. The summed E-state index contributed by atoms with van der Waals surface area (Å²) in [6.45, 7) is 6.41. The van der Waals surface area contributed by atoms with E-state index in [0.717, 1.165) is 0 Å². The Labute approximate surface area is 167 Å². The molecule has 0 N–H and O–H groups in total. The second-order valence-corrected chi connectivity index (χ2v) is 18.9. The summed E-state index contributed by atoms with van der Waals surface area (Å²) < 4.78 is 77.7. The van der Waals surface area contributed by atoms with Crippen LogP contribution in [-0.2, 0) is 30.0 Å². The first kappa shape index (κ1) is 25.6. The van der Waals surface area contributed by atoms with Crippen LogP contribution in [0.2, 0.25) is 38.8 Å². The maximum absolute atomic E-state index is 13.7. The SMILES string of the molecule is C[SiH]1O[SiH](C)O[SiH](C)O[Si](C)(CCCOCC(F)(CF)OCF)O[SiH](C)O1. The Morgan fingerprint density at radius 1 is 0.926 bits per heavy atom. The summed E-state index contributed by atoms with van der Waals surface area (Å²) in [7, 11) is -9.91. The Balaban J connectivity index is 2.53. The molecule has 1 fully saturated rings.